The summed E-state index contributed by atoms with van der Waals surface area (Å²) in [7, 11) is -7.51. The van der Waals surface area contributed by atoms with Gasteiger partial charge < -0.3 is 4.74 Å². The topological polar surface area (TPSA) is 121 Å². The van der Waals surface area contributed by atoms with Crippen LogP contribution in [-0.2, 0) is 19.7 Å². The van der Waals surface area contributed by atoms with Crippen molar-refractivity contribution in [2.45, 2.75) is 20.8 Å². The number of allylic oxidation sites excluding steroid dienone is 1. The summed E-state index contributed by atoms with van der Waals surface area (Å²) in [5.74, 6) is 0.533. The summed E-state index contributed by atoms with van der Waals surface area (Å²) < 4.78 is 56.6. The molecule has 0 aliphatic rings. The van der Waals surface area contributed by atoms with Gasteiger partial charge in [0.2, 0.25) is 5.70 Å². The quantitative estimate of drug-likeness (QED) is 0.331. The van der Waals surface area contributed by atoms with Gasteiger partial charge in [-0.25, -0.2) is 16.8 Å². The number of rotatable bonds is 9. The predicted octanol–water partition coefficient (Wildman–Crippen LogP) is 3.98. The number of ether oxygens (including phenoxy) is 1. The summed E-state index contributed by atoms with van der Waals surface area (Å²) in [5.41, 5.74) is -0.153. The lowest BCUT2D eigenvalue weighted by atomic mass is 10.1. The van der Waals surface area contributed by atoms with Crippen molar-refractivity contribution in [3.05, 3.63) is 106 Å². The highest BCUT2D eigenvalue weighted by atomic mass is 32.3. The smallest absolute Gasteiger partial charge is 0.249 e. The Bertz CT molecular complexity index is 1280. The summed E-state index contributed by atoms with van der Waals surface area (Å²) in [6.45, 7) is 0. The van der Waals surface area contributed by atoms with Gasteiger partial charge in [0.05, 0.1) is 28.2 Å². The summed E-state index contributed by atoms with van der Waals surface area (Å²) in [5, 5.41) is 11.8. The van der Waals surface area contributed by atoms with Crippen molar-refractivity contribution in [3.8, 4) is 5.75 Å². The molecular weight excluding hydrogens is 466 g/mol. The van der Waals surface area contributed by atoms with Crippen LogP contribution in [0.25, 0.3) is 6.08 Å². The molecule has 3 rings (SSSR count). The van der Waals surface area contributed by atoms with Gasteiger partial charge in [0.15, 0.2) is 24.3 Å². The molecule has 8 nitrogen and oxygen atoms in total. The van der Waals surface area contributed by atoms with Crippen LogP contribution in [0.1, 0.15) is 12.0 Å². The highest BCUT2D eigenvalue weighted by Gasteiger charge is 2.42. The van der Waals surface area contributed by atoms with Crippen LogP contribution in [0.2, 0.25) is 0 Å². The predicted molar refractivity (Wildman–Crippen MR) is 124 cm³/mol. The maximum absolute atomic E-state index is 13.4. The molecule has 0 radical (unpaired) electrons. The average Bonchev–Trinajstić information content (AvgIpc) is 2.82. The molecule has 0 fully saturated rings. The van der Waals surface area contributed by atoms with Crippen molar-refractivity contribution in [1.29, 1.82) is 0 Å². The Morgan fingerprint density at radius 3 is 1.70 bits per heavy atom. The Balaban J connectivity index is 2.14. The van der Waals surface area contributed by atoms with Crippen LogP contribution in [0.3, 0.4) is 0 Å². The molecule has 0 saturated heterocycles. The average molecular weight is 488 g/mol. The van der Waals surface area contributed by atoms with E-state index in [0.29, 0.717) is 11.3 Å². The lowest BCUT2D eigenvalue weighted by molar-refractivity contribution is -0.425. The molecule has 172 valence electrons. The number of hydrogen-bond acceptors (Lipinski definition) is 7. The zero-order valence-electron chi connectivity index (χ0n) is 17.6. The maximum atomic E-state index is 13.4. The third-order valence-electron chi connectivity index (χ3n) is 4.90. The second kappa shape index (κ2) is 9.97. The van der Waals surface area contributed by atoms with Crippen LogP contribution >= 0.6 is 0 Å². The summed E-state index contributed by atoms with van der Waals surface area (Å²) in [6.07, 6.45) is 0.320. The van der Waals surface area contributed by atoms with Gasteiger partial charge in [0.25, 0.3) is 0 Å². The zero-order valence-corrected chi connectivity index (χ0v) is 19.2. The first-order valence-corrected chi connectivity index (χ1v) is 12.8. The molecule has 33 heavy (non-hydrogen) atoms. The molecule has 3 aromatic rings. The molecule has 0 unspecified atom stereocenters. The number of nitro groups is 1. The van der Waals surface area contributed by atoms with Gasteiger partial charge in [-0.15, -0.1) is 0 Å². The number of methoxy groups -OCH3 is 1. The van der Waals surface area contributed by atoms with E-state index in [9.17, 15) is 26.9 Å². The van der Waals surface area contributed by atoms with E-state index < -0.39 is 41.3 Å². The van der Waals surface area contributed by atoms with Crippen molar-refractivity contribution in [2.24, 2.45) is 0 Å². The molecule has 10 heteroatoms. The Hall–Kier alpha value is -3.50. The Morgan fingerprint density at radius 1 is 0.848 bits per heavy atom. The zero-order chi connectivity index (χ0) is 24.1. The van der Waals surface area contributed by atoms with Gasteiger partial charge in [0, 0.05) is 6.08 Å². The first-order chi connectivity index (χ1) is 15.7. The van der Waals surface area contributed by atoms with Crippen LogP contribution in [0.5, 0.6) is 5.75 Å². The van der Waals surface area contributed by atoms with Gasteiger partial charge in [-0.3, -0.25) is 10.1 Å². The van der Waals surface area contributed by atoms with E-state index in [1.165, 1.54) is 55.6 Å². The van der Waals surface area contributed by atoms with Gasteiger partial charge in [-0.2, -0.15) is 0 Å². The highest BCUT2D eigenvalue weighted by molar-refractivity contribution is 8.09. The van der Waals surface area contributed by atoms with Gasteiger partial charge in [0.1, 0.15) is 5.75 Å². The minimum Gasteiger partial charge on any atom is -0.497 e. The second-order valence-corrected chi connectivity index (χ2v) is 11.6. The summed E-state index contributed by atoms with van der Waals surface area (Å²) in [6, 6.07) is 20.3. The molecule has 3 aromatic carbocycles. The van der Waals surface area contributed by atoms with Crippen molar-refractivity contribution in [1.82, 2.24) is 0 Å². The molecule has 0 bridgehead atoms. The number of nitrogens with zero attached hydrogens (tertiary/aromatic N) is 1. The second-order valence-electron chi connectivity index (χ2n) is 7.02. The van der Waals surface area contributed by atoms with E-state index in [-0.39, 0.29) is 9.79 Å². The van der Waals surface area contributed by atoms with E-state index in [1.54, 1.807) is 36.4 Å². The lowest BCUT2D eigenvalue weighted by Gasteiger charge is -2.18. The van der Waals surface area contributed by atoms with Crippen molar-refractivity contribution in [3.63, 3.8) is 0 Å². The number of hydrogen-bond donors (Lipinski definition) is 0. The van der Waals surface area contributed by atoms with E-state index in [4.69, 9.17) is 4.74 Å². The largest absolute Gasteiger partial charge is 0.497 e. The molecule has 0 amide bonds. The van der Waals surface area contributed by atoms with Crippen molar-refractivity contribution < 1.29 is 26.5 Å². The summed E-state index contributed by atoms with van der Waals surface area (Å²) in [4.78, 5) is 10.6. The molecule has 0 spiro atoms. The molecule has 0 aromatic heterocycles. The lowest BCUT2D eigenvalue weighted by Crippen LogP contribution is -2.32. The fraction of sp³-hybridized carbons (Fsp3) is 0.130. The van der Waals surface area contributed by atoms with Crippen molar-refractivity contribution >= 4 is 25.8 Å². The standard InChI is InChI=1S/C23H21NO7S2/c1-31-20-14-12-18(13-15-20)16-19(24(25)26)17-23(32(27,28)21-8-4-2-5-9-21)33(29,30)22-10-6-3-7-11-22/h2-16,23H,17H2,1H3/b19-16+. The first kappa shape index (κ1) is 24.1. The van der Waals surface area contributed by atoms with E-state index in [1.807, 2.05) is 0 Å². The molecular formula is C23H21NO7S2. The Kier molecular flexibility index (Phi) is 7.29. The summed E-state index contributed by atoms with van der Waals surface area (Å²) >= 11 is 0. The highest BCUT2D eigenvalue weighted by Crippen LogP contribution is 2.31. The van der Waals surface area contributed by atoms with Gasteiger partial charge in [-0.05, 0) is 42.0 Å². The SMILES string of the molecule is COc1ccc(/C=C(\CC(S(=O)(=O)c2ccccc2)S(=O)(=O)c2ccccc2)[N+](=O)[O-])cc1. The van der Waals surface area contributed by atoms with Crippen LogP contribution in [0.4, 0.5) is 0 Å². The minimum absolute atomic E-state index is 0.235. The van der Waals surface area contributed by atoms with Crippen LogP contribution in [-0.4, -0.2) is 33.5 Å². The molecule has 0 N–H and O–H groups in total. The normalized spacial score (nSPS) is 12.5. The van der Waals surface area contributed by atoms with Gasteiger partial charge >= 0.3 is 0 Å². The van der Waals surface area contributed by atoms with Crippen LogP contribution in [0, 0.1) is 10.1 Å². The van der Waals surface area contributed by atoms with Crippen molar-refractivity contribution in [2.75, 3.05) is 7.11 Å². The Morgan fingerprint density at radius 2 is 1.30 bits per heavy atom. The molecule has 0 aliphatic carbocycles. The van der Waals surface area contributed by atoms with E-state index in [2.05, 4.69) is 0 Å². The molecule has 0 atom stereocenters. The number of sulfone groups is 2. The van der Waals surface area contributed by atoms with Crippen LogP contribution in [0.15, 0.2) is 100 Å². The third kappa shape index (κ3) is 5.47. The van der Waals surface area contributed by atoms with E-state index >= 15 is 0 Å². The maximum Gasteiger partial charge on any atom is 0.249 e. The van der Waals surface area contributed by atoms with Crippen LogP contribution < -0.4 is 4.74 Å². The minimum atomic E-state index is -4.49. The fourth-order valence-corrected chi connectivity index (χ4v) is 7.62. The number of benzene rings is 3. The third-order valence-corrected chi connectivity index (χ3v) is 9.99. The molecule has 0 aliphatic heterocycles. The molecule has 0 saturated carbocycles. The van der Waals surface area contributed by atoms with Gasteiger partial charge in [-0.1, -0.05) is 48.5 Å². The monoisotopic (exact) mass is 487 g/mol. The fourth-order valence-electron chi connectivity index (χ4n) is 3.16. The Labute approximate surface area is 192 Å². The molecule has 0 heterocycles. The first-order valence-electron chi connectivity index (χ1n) is 9.73. The van der Waals surface area contributed by atoms with E-state index in [0.717, 1.165) is 6.08 Å².